The zero-order valence-electron chi connectivity index (χ0n) is 10.3. The maximum atomic E-state index is 4.56. The van der Waals surface area contributed by atoms with Crippen molar-refractivity contribution < 1.29 is 0 Å². The number of nitrogens with zero attached hydrogens (tertiary/aromatic N) is 1. The second-order valence-corrected chi connectivity index (χ2v) is 5.18. The van der Waals surface area contributed by atoms with Crippen LogP contribution in [0.5, 0.6) is 0 Å². The minimum absolute atomic E-state index is 0.907. The number of hydrogen-bond donors (Lipinski definition) is 1. The van der Waals surface area contributed by atoms with Crippen LogP contribution < -0.4 is 5.32 Å². The van der Waals surface area contributed by atoms with Gasteiger partial charge in [0.05, 0.1) is 5.52 Å². The lowest BCUT2D eigenvalue weighted by Gasteiger charge is -2.09. The molecule has 1 aromatic heterocycles. The van der Waals surface area contributed by atoms with Crippen molar-refractivity contribution in [2.24, 2.45) is 0 Å². The van der Waals surface area contributed by atoms with E-state index in [1.807, 2.05) is 13.0 Å². The number of halogens is 1. The molecule has 1 heterocycles. The van der Waals surface area contributed by atoms with Gasteiger partial charge in [-0.15, -0.1) is 0 Å². The van der Waals surface area contributed by atoms with Crippen molar-refractivity contribution in [3.8, 4) is 0 Å². The summed E-state index contributed by atoms with van der Waals surface area (Å²) in [6, 6.07) is 8.41. The fourth-order valence-electron chi connectivity index (χ4n) is 1.96. The number of rotatable bonds is 4. The van der Waals surface area contributed by atoms with Gasteiger partial charge in [-0.2, -0.15) is 0 Å². The summed E-state index contributed by atoms with van der Waals surface area (Å²) >= 11 is 3.52. The number of pyridine rings is 1. The van der Waals surface area contributed by atoms with Gasteiger partial charge in [0.2, 0.25) is 0 Å². The predicted octanol–water partition coefficient (Wildman–Crippen LogP) is 3.81. The SMILES string of the molecule is CCCNCc1cc(C)nc2ccc(Br)cc12. The molecule has 0 bridgehead atoms. The van der Waals surface area contributed by atoms with Crippen molar-refractivity contribution in [1.29, 1.82) is 0 Å². The molecule has 0 aliphatic carbocycles. The molecule has 0 saturated heterocycles. The lowest BCUT2D eigenvalue weighted by atomic mass is 10.1. The summed E-state index contributed by atoms with van der Waals surface area (Å²) in [5.74, 6) is 0. The highest BCUT2D eigenvalue weighted by molar-refractivity contribution is 9.10. The van der Waals surface area contributed by atoms with Crippen LogP contribution in [0.2, 0.25) is 0 Å². The Kier molecular flexibility index (Phi) is 4.13. The number of hydrogen-bond acceptors (Lipinski definition) is 2. The quantitative estimate of drug-likeness (QED) is 0.867. The summed E-state index contributed by atoms with van der Waals surface area (Å²) in [7, 11) is 0. The van der Waals surface area contributed by atoms with E-state index in [2.05, 4.69) is 51.4 Å². The first-order valence-electron chi connectivity index (χ1n) is 5.97. The molecule has 2 aromatic rings. The van der Waals surface area contributed by atoms with Gasteiger partial charge in [0.15, 0.2) is 0 Å². The zero-order valence-corrected chi connectivity index (χ0v) is 11.8. The molecule has 17 heavy (non-hydrogen) atoms. The summed E-state index contributed by atoms with van der Waals surface area (Å²) in [5, 5.41) is 4.68. The third-order valence-electron chi connectivity index (χ3n) is 2.73. The third kappa shape index (κ3) is 3.05. The zero-order chi connectivity index (χ0) is 12.3. The highest BCUT2D eigenvalue weighted by Crippen LogP contribution is 2.22. The van der Waals surface area contributed by atoms with E-state index in [4.69, 9.17) is 0 Å². The fourth-order valence-corrected chi connectivity index (χ4v) is 2.32. The van der Waals surface area contributed by atoms with E-state index in [0.29, 0.717) is 0 Å². The number of benzene rings is 1. The predicted molar refractivity (Wildman–Crippen MR) is 76.2 cm³/mol. The molecular weight excluding hydrogens is 276 g/mol. The average Bonchev–Trinajstić information content (AvgIpc) is 2.30. The molecule has 0 amide bonds. The van der Waals surface area contributed by atoms with Crippen molar-refractivity contribution in [1.82, 2.24) is 10.3 Å². The van der Waals surface area contributed by atoms with E-state index < -0.39 is 0 Å². The molecule has 0 saturated carbocycles. The van der Waals surface area contributed by atoms with E-state index in [-0.39, 0.29) is 0 Å². The van der Waals surface area contributed by atoms with E-state index in [0.717, 1.165) is 35.2 Å². The molecule has 1 N–H and O–H groups in total. The van der Waals surface area contributed by atoms with Crippen LogP contribution in [-0.2, 0) is 6.54 Å². The smallest absolute Gasteiger partial charge is 0.0709 e. The van der Waals surface area contributed by atoms with Gasteiger partial charge in [0, 0.05) is 22.1 Å². The summed E-state index contributed by atoms with van der Waals surface area (Å²) < 4.78 is 1.10. The van der Waals surface area contributed by atoms with Crippen LogP contribution in [0, 0.1) is 6.92 Å². The minimum Gasteiger partial charge on any atom is -0.313 e. The molecule has 0 fully saturated rings. The molecule has 0 unspecified atom stereocenters. The van der Waals surface area contributed by atoms with Crippen molar-refractivity contribution in [3.63, 3.8) is 0 Å². The first-order valence-corrected chi connectivity index (χ1v) is 6.76. The Hall–Kier alpha value is -0.930. The van der Waals surface area contributed by atoms with Gasteiger partial charge in [-0.1, -0.05) is 22.9 Å². The van der Waals surface area contributed by atoms with Gasteiger partial charge >= 0.3 is 0 Å². The monoisotopic (exact) mass is 292 g/mol. The van der Waals surface area contributed by atoms with Crippen LogP contribution >= 0.6 is 15.9 Å². The number of fused-ring (bicyclic) bond motifs is 1. The standard InChI is InChI=1S/C14H17BrN2/c1-3-6-16-9-11-7-10(2)17-14-5-4-12(15)8-13(11)14/h4-5,7-8,16H,3,6,9H2,1-2H3. The maximum absolute atomic E-state index is 4.56. The summed E-state index contributed by atoms with van der Waals surface area (Å²) in [6.45, 7) is 6.19. The van der Waals surface area contributed by atoms with Crippen molar-refractivity contribution in [3.05, 3.63) is 40.0 Å². The van der Waals surface area contributed by atoms with Crippen molar-refractivity contribution in [2.45, 2.75) is 26.8 Å². The minimum atomic E-state index is 0.907. The van der Waals surface area contributed by atoms with Crippen LogP contribution in [0.25, 0.3) is 10.9 Å². The highest BCUT2D eigenvalue weighted by Gasteiger charge is 2.04. The third-order valence-corrected chi connectivity index (χ3v) is 3.22. The first-order chi connectivity index (χ1) is 8.20. The number of aryl methyl sites for hydroxylation is 1. The number of aromatic nitrogens is 1. The Balaban J connectivity index is 2.40. The summed E-state index contributed by atoms with van der Waals surface area (Å²) in [6.07, 6.45) is 1.16. The van der Waals surface area contributed by atoms with E-state index in [1.165, 1.54) is 10.9 Å². The largest absolute Gasteiger partial charge is 0.313 e. The average molecular weight is 293 g/mol. The van der Waals surface area contributed by atoms with Gasteiger partial charge in [-0.3, -0.25) is 4.98 Å². The van der Waals surface area contributed by atoms with Crippen molar-refractivity contribution in [2.75, 3.05) is 6.54 Å². The van der Waals surface area contributed by atoms with Crippen LogP contribution in [-0.4, -0.2) is 11.5 Å². The van der Waals surface area contributed by atoms with E-state index >= 15 is 0 Å². The molecule has 0 spiro atoms. The Morgan fingerprint density at radius 2 is 2.12 bits per heavy atom. The number of nitrogens with one attached hydrogen (secondary N) is 1. The molecule has 0 aliphatic rings. The molecule has 1 aromatic carbocycles. The van der Waals surface area contributed by atoms with Crippen LogP contribution in [0.15, 0.2) is 28.7 Å². The maximum Gasteiger partial charge on any atom is 0.0709 e. The lowest BCUT2D eigenvalue weighted by Crippen LogP contribution is -2.14. The second kappa shape index (κ2) is 5.61. The summed E-state index contributed by atoms with van der Waals surface area (Å²) in [5.41, 5.74) is 3.47. The van der Waals surface area contributed by atoms with Gasteiger partial charge in [-0.05, 0) is 49.7 Å². The fraction of sp³-hybridized carbons (Fsp3) is 0.357. The molecule has 0 atom stereocenters. The molecule has 2 rings (SSSR count). The molecule has 2 nitrogen and oxygen atoms in total. The summed E-state index contributed by atoms with van der Waals surface area (Å²) in [4.78, 5) is 4.56. The van der Waals surface area contributed by atoms with Gasteiger partial charge in [-0.25, -0.2) is 0 Å². The first kappa shape index (κ1) is 12.5. The van der Waals surface area contributed by atoms with Crippen LogP contribution in [0.3, 0.4) is 0 Å². The Morgan fingerprint density at radius 1 is 1.29 bits per heavy atom. The lowest BCUT2D eigenvalue weighted by molar-refractivity contribution is 0.677. The van der Waals surface area contributed by atoms with Gasteiger partial charge in [0.1, 0.15) is 0 Å². The van der Waals surface area contributed by atoms with E-state index in [9.17, 15) is 0 Å². The Bertz CT molecular complexity index is 523. The van der Waals surface area contributed by atoms with Crippen LogP contribution in [0.4, 0.5) is 0 Å². The Morgan fingerprint density at radius 3 is 2.88 bits per heavy atom. The highest BCUT2D eigenvalue weighted by atomic mass is 79.9. The topological polar surface area (TPSA) is 24.9 Å². The Labute approximate surface area is 111 Å². The molecule has 90 valence electrons. The molecule has 3 heteroatoms. The van der Waals surface area contributed by atoms with Crippen LogP contribution in [0.1, 0.15) is 24.6 Å². The van der Waals surface area contributed by atoms with Gasteiger partial charge < -0.3 is 5.32 Å². The van der Waals surface area contributed by atoms with Crippen molar-refractivity contribution >= 4 is 26.8 Å². The second-order valence-electron chi connectivity index (χ2n) is 4.26. The normalized spacial score (nSPS) is 11.0. The van der Waals surface area contributed by atoms with E-state index in [1.54, 1.807) is 0 Å². The molecule has 0 radical (unpaired) electrons. The molecular formula is C14H17BrN2. The molecule has 0 aliphatic heterocycles. The van der Waals surface area contributed by atoms with Gasteiger partial charge in [0.25, 0.3) is 0 Å².